The molecule has 50 valence electrons. The van der Waals surface area contributed by atoms with Crippen molar-refractivity contribution in [2.75, 3.05) is 0 Å². The highest BCUT2D eigenvalue weighted by atomic mass is 16.3. The normalized spacial score (nSPS) is 36.9. The van der Waals surface area contributed by atoms with Crippen molar-refractivity contribution < 1.29 is 5.11 Å². The van der Waals surface area contributed by atoms with Gasteiger partial charge in [-0.25, -0.2) is 0 Å². The molecule has 1 saturated carbocycles. The number of hydrogen-bond acceptors (Lipinski definition) is 1. The zero-order chi connectivity index (χ0) is 6.65. The van der Waals surface area contributed by atoms with Crippen LogP contribution in [0.1, 0.15) is 26.7 Å². The summed E-state index contributed by atoms with van der Waals surface area (Å²) in [5, 5.41) is 9.26. The Kier molecular flexibility index (Phi) is 0.699. The van der Waals surface area contributed by atoms with Gasteiger partial charge in [0.05, 0.1) is 5.76 Å². The maximum Gasteiger partial charge on any atom is 0.0954 e. The molecule has 0 aliphatic heterocycles. The molecule has 1 N–H and O–H groups in total. The average Bonchev–Trinajstić information content (AvgIpc) is 2.14. The molecule has 1 fully saturated rings. The Bertz CT molecular complexity index is 189. The molecule has 0 aromatic rings. The van der Waals surface area contributed by atoms with Crippen LogP contribution < -0.4 is 0 Å². The Morgan fingerprint density at radius 2 is 2.22 bits per heavy atom. The van der Waals surface area contributed by atoms with Gasteiger partial charge in [-0.05, 0) is 23.8 Å². The summed E-state index contributed by atoms with van der Waals surface area (Å²) in [7, 11) is 0. The molecule has 1 atom stereocenters. The molecule has 3 aliphatic rings. The molecule has 0 amide bonds. The molecule has 0 aromatic heterocycles. The molecular weight excluding hydrogens is 112 g/mol. The first kappa shape index (κ1) is 5.33. The smallest absolute Gasteiger partial charge is 0.0954 e. The van der Waals surface area contributed by atoms with E-state index in [9.17, 15) is 5.11 Å². The van der Waals surface area contributed by atoms with E-state index in [0.29, 0.717) is 17.1 Å². The third kappa shape index (κ3) is 0.455. The minimum atomic E-state index is 0.374. The van der Waals surface area contributed by atoms with Crippen LogP contribution in [0.4, 0.5) is 0 Å². The second kappa shape index (κ2) is 1.18. The van der Waals surface area contributed by atoms with Gasteiger partial charge in [-0.1, -0.05) is 13.8 Å². The van der Waals surface area contributed by atoms with Crippen LogP contribution in [-0.2, 0) is 0 Å². The fraction of sp³-hybridized carbons (Fsp3) is 0.750. The molecular formula is C8H12O. The number of rotatable bonds is 0. The molecule has 1 unspecified atom stereocenters. The van der Waals surface area contributed by atoms with Crippen LogP contribution >= 0.6 is 0 Å². The SMILES string of the molecule is CC1(C)CC2=C(O)C1C2. The summed E-state index contributed by atoms with van der Waals surface area (Å²) in [5.41, 5.74) is 1.68. The molecule has 2 bridgehead atoms. The molecule has 3 aliphatic carbocycles. The first-order chi connectivity index (χ1) is 4.11. The van der Waals surface area contributed by atoms with Crippen LogP contribution in [0.3, 0.4) is 0 Å². The lowest BCUT2D eigenvalue weighted by Gasteiger charge is -2.26. The van der Waals surface area contributed by atoms with Crippen molar-refractivity contribution in [1.82, 2.24) is 0 Å². The quantitative estimate of drug-likeness (QED) is 0.525. The fourth-order valence-corrected chi connectivity index (χ4v) is 2.05. The lowest BCUT2D eigenvalue weighted by atomic mass is 9.81. The van der Waals surface area contributed by atoms with Gasteiger partial charge in [-0.3, -0.25) is 0 Å². The molecule has 0 heterocycles. The van der Waals surface area contributed by atoms with Crippen LogP contribution in [0.15, 0.2) is 11.3 Å². The van der Waals surface area contributed by atoms with E-state index in [1.54, 1.807) is 0 Å². The third-order valence-corrected chi connectivity index (χ3v) is 2.76. The standard InChI is InChI=1S/C8H12O/c1-8(2)4-5-3-6(8)7(5)9/h6,9H,3-4H2,1-2H3. The molecule has 1 heteroatoms. The summed E-state index contributed by atoms with van der Waals surface area (Å²) in [5.74, 6) is 1.22. The van der Waals surface area contributed by atoms with Crippen molar-refractivity contribution in [1.29, 1.82) is 0 Å². The van der Waals surface area contributed by atoms with Crippen molar-refractivity contribution >= 4 is 0 Å². The monoisotopic (exact) mass is 124 g/mol. The largest absolute Gasteiger partial charge is 0.512 e. The maximum absolute atomic E-state index is 9.26. The fourth-order valence-electron chi connectivity index (χ4n) is 2.05. The zero-order valence-corrected chi connectivity index (χ0v) is 5.94. The summed E-state index contributed by atoms with van der Waals surface area (Å²) in [6, 6.07) is 0. The maximum atomic E-state index is 9.26. The second-order valence-electron chi connectivity index (χ2n) is 3.91. The summed E-state index contributed by atoms with van der Waals surface area (Å²) in [6.07, 6.45) is 2.29. The van der Waals surface area contributed by atoms with Crippen LogP contribution in [0.5, 0.6) is 0 Å². The molecule has 0 radical (unpaired) electrons. The summed E-state index contributed by atoms with van der Waals surface area (Å²) in [6.45, 7) is 4.46. The van der Waals surface area contributed by atoms with Crippen LogP contribution in [0, 0.1) is 11.3 Å². The van der Waals surface area contributed by atoms with Gasteiger partial charge in [0, 0.05) is 5.92 Å². The summed E-state index contributed by atoms with van der Waals surface area (Å²) < 4.78 is 0. The Morgan fingerprint density at radius 3 is 2.33 bits per heavy atom. The molecule has 0 saturated heterocycles. The highest BCUT2D eigenvalue weighted by molar-refractivity contribution is 5.33. The van der Waals surface area contributed by atoms with Gasteiger partial charge in [-0.15, -0.1) is 0 Å². The van der Waals surface area contributed by atoms with E-state index in [1.807, 2.05) is 0 Å². The lowest BCUT2D eigenvalue weighted by Crippen LogP contribution is -2.19. The Hall–Kier alpha value is -0.460. The second-order valence-corrected chi connectivity index (χ2v) is 3.91. The van der Waals surface area contributed by atoms with E-state index in [0.717, 1.165) is 6.42 Å². The van der Waals surface area contributed by atoms with Gasteiger partial charge in [0.15, 0.2) is 0 Å². The van der Waals surface area contributed by atoms with E-state index < -0.39 is 0 Å². The van der Waals surface area contributed by atoms with Gasteiger partial charge in [-0.2, -0.15) is 0 Å². The van der Waals surface area contributed by atoms with E-state index in [2.05, 4.69) is 13.8 Å². The van der Waals surface area contributed by atoms with Crippen LogP contribution in [0.25, 0.3) is 0 Å². The van der Waals surface area contributed by atoms with Gasteiger partial charge in [0.2, 0.25) is 0 Å². The predicted octanol–water partition coefficient (Wildman–Crippen LogP) is 2.25. The zero-order valence-electron chi connectivity index (χ0n) is 5.94. The van der Waals surface area contributed by atoms with Gasteiger partial charge < -0.3 is 5.11 Å². The topological polar surface area (TPSA) is 20.2 Å². The van der Waals surface area contributed by atoms with E-state index in [1.165, 1.54) is 12.0 Å². The average molecular weight is 124 g/mol. The molecule has 0 aromatic carbocycles. The highest BCUT2D eigenvalue weighted by Crippen LogP contribution is 2.58. The number of fused-ring (bicyclic) bond motifs is 1. The van der Waals surface area contributed by atoms with Crippen LogP contribution in [0.2, 0.25) is 0 Å². The predicted molar refractivity (Wildman–Crippen MR) is 36.2 cm³/mol. The minimum absolute atomic E-state index is 0.374. The number of aliphatic hydroxyl groups is 1. The first-order valence-corrected chi connectivity index (χ1v) is 3.52. The number of hydrogen-bond donors (Lipinski definition) is 1. The van der Waals surface area contributed by atoms with Gasteiger partial charge in [0.1, 0.15) is 0 Å². The van der Waals surface area contributed by atoms with E-state index in [-0.39, 0.29) is 0 Å². The first-order valence-electron chi connectivity index (χ1n) is 3.52. The third-order valence-electron chi connectivity index (χ3n) is 2.76. The van der Waals surface area contributed by atoms with E-state index >= 15 is 0 Å². The van der Waals surface area contributed by atoms with E-state index in [4.69, 9.17) is 0 Å². The van der Waals surface area contributed by atoms with Crippen molar-refractivity contribution in [2.24, 2.45) is 11.3 Å². The molecule has 1 nitrogen and oxygen atoms in total. The van der Waals surface area contributed by atoms with Crippen molar-refractivity contribution in [2.45, 2.75) is 26.7 Å². The molecule has 0 spiro atoms. The van der Waals surface area contributed by atoms with Crippen LogP contribution in [-0.4, -0.2) is 5.11 Å². The van der Waals surface area contributed by atoms with Crippen molar-refractivity contribution in [3.05, 3.63) is 11.3 Å². The summed E-state index contributed by atoms with van der Waals surface area (Å²) >= 11 is 0. The molecule has 3 rings (SSSR count). The highest BCUT2D eigenvalue weighted by Gasteiger charge is 2.49. The Labute approximate surface area is 55.4 Å². The Morgan fingerprint density at radius 1 is 1.56 bits per heavy atom. The Balaban J connectivity index is 2.33. The van der Waals surface area contributed by atoms with Crippen molar-refractivity contribution in [3.8, 4) is 0 Å². The number of aliphatic hydroxyl groups excluding tert-OH is 1. The lowest BCUT2D eigenvalue weighted by molar-refractivity contribution is 0.216. The summed E-state index contributed by atoms with van der Waals surface area (Å²) in [4.78, 5) is 0. The molecule has 9 heavy (non-hydrogen) atoms. The minimum Gasteiger partial charge on any atom is -0.512 e. The van der Waals surface area contributed by atoms with Crippen molar-refractivity contribution in [3.63, 3.8) is 0 Å². The number of allylic oxidation sites excluding steroid dienone is 2. The van der Waals surface area contributed by atoms with Gasteiger partial charge in [0.25, 0.3) is 0 Å². The van der Waals surface area contributed by atoms with Gasteiger partial charge >= 0.3 is 0 Å².